The molecule has 0 spiro atoms. The zero-order valence-electron chi connectivity index (χ0n) is 9.50. The van der Waals surface area contributed by atoms with Crippen molar-refractivity contribution in [3.63, 3.8) is 0 Å². The molecule has 0 aliphatic carbocycles. The fraction of sp³-hybridized carbons (Fsp3) is 0.500. The van der Waals surface area contributed by atoms with Gasteiger partial charge in [-0.15, -0.1) is 0 Å². The van der Waals surface area contributed by atoms with E-state index in [4.69, 9.17) is 5.21 Å². The number of oxime groups is 1. The van der Waals surface area contributed by atoms with E-state index in [1.807, 2.05) is 12.1 Å². The monoisotopic (exact) mass is 219 g/mol. The largest absolute Gasteiger partial charge is 0.411 e. The molecule has 0 saturated carbocycles. The maximum absolute atomic E-state index is 8.58. The van der Waals surface area contributed by atoms with Crippen LogP contribution in [0.1, 0.15) is 17.7 Å². The summed E-state index contributed by atoms with van der Waals surface area (Å²) in [5.41, 5.74) is 1.94. The zero-order chi connectivity index (χ0) is 11.4. The van der Waals surface area contributed by atoms with Gasteiger partial charge in [0.15, 0.2) is 0 Å². The molecule has 2 heterocycles. The van der Waals surface area contributed by atoms with Crippen LogP contribution in [0.15, 0.2) is 23.5 Å². The van der Waals surface area contributed by atoms with Crippen molar-refractivity contribution >= 4 is 6.21 Å². The minimum atomic E-state index is 0.672. The van der Waals surface area contributed by atoms with Crippen LogP contribution in [0.2, 0.25) is 0 Å². The van der Waals surface area contributed by atoms with Gasteiger partial charge >= 0.3 is 0 Å². The SMILES string of the molecule is CN1CCC(Cc2ncccc2/C=N/O)C1. The van der Waals surface area contributed by atoms with Crippen LogP contribution in [0.4, 0.5) is 0 Å². The number of likely N-dealkylation sites (tertiary alicyclic amines) is 1. The summed E-state index contributed by atoms with van der Waals surface area (Å²) >= 11 is 0. The Morgan fingerprint density at radius 2 is 2.56 bits per heavy atom. The highest BCUT2D eigenvalue weighted by molar-refractivity contribution is 5.80. The molecule has 1 fully saturated rings. The summed E-state index contributed by atoms with van der Waals surface area (Å²) in [6.07, 6.45) is 5.44. The second-order valence-electron chi connectivity index (χ2n) is 4.40. The molecule has 1 atom stereocenters. The van der Waals surface area contributed by atoms with Crippen molar-refractivity contribution in [3.8, 4) is 0 Å². The Bertz CT molecular complexity index is 378. The first kappa shape index (κ1) is 11.1. The quantitative estimate of drug-likeness (QED) is 0.474. The molecule has 1 aromatic heterocycles. The van der Waals surface area contributed by atoms with Crippen LogP contribution < -0.4 is 0 Å². The first-order valence-electron chi connectivity index (χ1n) is 5.59. The minimum absolute atomic E-state index is 0.672. The molecule has 1 unspecified atom stereocenters. The molecule has 4 heteroatoms. The van der Waals surface area contributed by atoms with Crippen LogP contribution in [0.3, 0.4) is 0 Å². The average Bonchev–Trinajstić information content (AvgIpc) is 2.67. The highest BCUT2D eigenvalue weighted by Crippen LogP contribution is 2.19. The predicted molar refractivity (Wildman–Crippen MR) is 62.9 cm³/mol. The molecule has 1 aliphatic rings. The van der Waals surface area contributed by atoms with E-state index in [1.165, 1.54) is 19.2 Å². The summed E-state index contributed by atoms with van der Waals surface area (Å²) in [7, 11) is 2.15. The van der Waals surface area contributed by atoms with Crippen LogP contribution in [0.25, 0.3) is 0 Å². The van der Waals surface area contributed by atoms with Crippen molar-refractivity contribution in [2.24, 2.45) is 11.1 Å². The van der Waals surface area contributed by atoms with Crippen LogP contribution in [-0.4, -0.2) is 41.4 Å². The number of hydrogen-bond acceptors (Lipinski definition) is 4. The van der Waals surface area contributed by atoms with E-state index in [2.05, 4.69) is 22.1 Å². The summed E-state index contributed by atoms with van der Waals surface area (Å²) in [4.78, 5) is 6.71. The number of nitrogens with zero attached hydrogens (tertiary/aromatic N) is 3. The van der Waals surface area contributed by atoms with Crippen molar-refractivity contribution in [1.82, 2.24) is 9.88 Å². The molecule has 0 amide bonds. The topological polar surface area (TPSA) is 48.7 Å². The third kappa shape index (κ3) is 2.58. The Kier molecular flexibility index (Phi) is 3.51. The third-order valence-electron chi connectivity index (χ3n) is 3.09. The van der Waals surface area contributed by atoms with Gasteiger partial charge in [0.25, 0.3) is 0 Å². The molecular weight excluding hydrogens is 202 g/mol. The van der Waals surface area contributed by atoms with Crippen molar-refractivity contribution in [1.29, 1.82) is 0 Å². The van der Waals surface area contributed by atoms with E-state index in [0.717, 1.165) is 24.2 Å². The van der Waals surface area contributed by atoms with Crippen molar-refractivity contribution in [3.05, 3.63) is 29.6 Å². The van der Waals surface area contributed by atoms with Gasteiger partial charge in [0.1, 0.15) is 0 Å². The van der Waals surface area contributed by atoms with Gasteiger partial charge < -0.3 is 10.1 Å². The van der Waals surface area contributed by atoms with Gasteiger partial charge in [-0.2, -0.15) is 0 Å². The van der Waals surface area contributed by atoms with Gasteiger partial charge in [0.2, 0.25) is 0 Å². The fourth-order valence-electron chi connectivity index (χ4n) is 2.27. The van der Waals surface area contributed by atoms with Crippen molar-refractivity contribution in [2.75, 3.05) is 20.1 Å². The maximum atomic E-state index is 8.58. The third-order valence-corrected chi connectivity index (χ3v) is 3.09. The van der Waals surface area contributed by atoms with Crippen LogP contribution >= 0.6 is 0 Å². The molecule has 4 nitrogen and oxygen atoms in total. The molecule has 0 radical (unpaired) electrons. The first-order chi connectivity index (χ1) is 7.79. The summed E-state index contributed by atoms with van der Waals surface area (Å²) in [6.45, 7) is 2.30. The zero-order valence-corrected chi connectivity index (χ0v) is 9.50. The summed E-state index contributed by atoms with van der Waals surface area (Å²) in [6, 6.07) is 3.79. The Morgan fingerprint density at radius 3 is 3.25 bits per heavy atom. The lowest BCUT2D eigenvalue weighted by molar-refractivity contribution is 0.321. The second-order valence-corrected chi connectivity index (χ2v) is 4.40. The van der Waals surface area contributed by atoms with Gasteiger partial charge in [-0.25, -0.2) is 0 Å². The first-order valence-corrected chi connectivity index (χ1v) is 5.59. The molecule has 0 bridgehead atoms. The standard InChI is InChI=1S/C12H17N3O/c1-15-6-4-10(9-15)7-12-11(8-14-16)3-2-5-13-12/h2-3,5,8,10,16H,4,6-7,9H2,1H3/b14-8+. The Hall–Kier alpha value is -1.42. The lowest BCUT2D eigenvalue weighted by Gasteiger charge is -2.11. The molecule has 0 aromatic carbocycles. The molecule has 1 saturated heterocycles. The molecule has 1 N–H and O–H groups in total. The minimum Gasteiger partial charge on any atom is -0.411 e. The molecular formula is C12H17N3O. The number of rotatable bonds is 3. The highest BCUT2D eigenvalue weighted by atomic mass is 16.4. The molecule has 1 aliphatic heterocycles. The molecule has 1 aromatic rings. The van der Waals surface area contributed by atoms with Gasteiger partial charge in [0.05, 0.1) is 6.21 Å². The Morgan fingerprint density at radius 1 is 1.69 bits per heavy atom. The number of hydrogen-bond donors (Lipinski definition) is 1. The van der Waals surface area contributed by atoms with E-state index in [0.29, 0.717) is 5.92 Å². The average molecular weight is 219 g/mol. The van der Waals surface area contributed by atoms with E-state index in [1.54, 1.807) is 6.20 Å². The van der Waals surface area contributed by atoms with Gasteiger partial charge in [0, 0.05) is 24.0 Å². The smallest absolute Gasteiger partial charge is 0.0752 e. The molecule has 2 rings (SSSR count). The summed E-state index contributed by atoms with van der Waals surface area (Å²) < 4.78 is 0. The Balaban J connectivity index is 2.08. The van der Waals surface area contributed by atoms with Crippen LogP contribution in [0.5, 0.6) is 0 Å². The van der Waals surface area contributed by atoms with Gasteiger partial charge in [-0.1, -0.05) is 5.16 Å². The molecule has 16 heavy (non-hydrogen) atoms. The normalized spacial score (nSPS) is 21.9. The lowest BCUT2D eigenvalue weighted by Crippen LogP contribution is -2.15. The van der Waals surface area contributed by atoms with Crippen molar-refractivity contribution < 1.29 is 5.21 Å². The predicted octanol–water partition coefficient (Wildman–Crippen LogP) is 1.38. The van der Waals surface area contributed by atoms with E-state index >= 15 is 0 Å². The van der Waals surface area contributed by atoms with E-state index in [9.17, 15) is 0 Å². The van der Waals surface area contributed by atoms with Crippen molar-refractivity contribution in [2.45, 2.75) is 12.8 Å². The number of pyridine rings is 1. The number of aromatic nitrogens is 1. The summed E-state index contributed by atoms with van der Waals surface area (Å²) in [5.74, 6) is 0.672. The second kappa shape index (κ2) is 5.07. The maximum Gasteiger partial charge on any atom is 0.0752 e. The summed E-state index contributed by atoms with van der Waals surface area (Å²) in [5, 5.41) is 11.7. The Labute approximate surface area is 95.6 Å². The van der Waals surface area contributed by atoms with Crippen LogP contribution in [-0.2, 0) is 6.42 Å². The van der Waals surface area contributed by atoms with Crippen LogP contribution in [0, 0.1) is 5.92 Å². The van der Waals surface area contributed by atoms with Gasteiger partial charge in [-0.05, 0) is 44.5 Å². The van der Waals surface area contributed by atoms with E-state index in [-0.39, 0.29) is 0 Å². The lowest BCUT2D eigenvalue weighted by atomic mass is 9.99. The fourth-order valence-corrected chi connectivity index (χ4v) is 2.27. The van der Waals surface area contributed by atoms with Gasteiger partial charge in [-0.3, -0.25) is 4.98 Å². The van der Waals surface area contributed by atoms with E-state index < -0.39 is 0 Å². The molecule has 86 valence electrons. The highest BCUT2D eigenvalue weighted by Gasteiger charge is 2.20.